The van der Waals surface area contributed by atoms with Crippen molar-refractivity contribution in [2.75, 3.05) is 38.3 Å². The van der Waals surface area contributed by atoms with E-state index in [1.807, 2.05) is 37.3 Å². The molecule has 0 spiro atoms. The van der Waals surface area contributed by atoms with E-state index < -0.39 is 6.04 Å². The van der Waals surface area contributed by atoms with Crippen LogP contribution in [0.3, 0.4) is 0 Å². The van der Waals surface area contributed by atoms with E-state index in [0.717, 1.165) is 49.2 Å². The summed E-state index contributed by atoms with van der Waals surface area (Å²) in [6.07, 6.45) is 10.1. The molecule has 1 aromatic carbocycles. The van der Waals surface area contributed by atoms with Gasteiger partial charge in [-0.25, -0.2) is 4.98 Å². The van der Waals surface area contributed by atoms with Crippen molar-refractivity contribution < 1.29 is 9.59 Å². The maximum Gasteiger partial charge on any atom is 0.246 e. The van der Waals surface area contributed by atoms with Gasteiger partial charge in [0, 0.05) is 49.2 Å². The van der Waals surface area contributed by atoms with E-state index in [4.69, 9.17) is 10.2 Å². The summed E-state index contributed by atoms with van der Waals surface area (Å²) < 4.78 is 0. The normalized spacial score (nSPS) is 19.2. The zero-order valence-corrected chi connectivity index (χ0v) is 23.1. The zero-order valence-electron chi connectivity index (χ0n) is 23.1. The molecule has 2 aromatic rings. The fourth-order valence-electron chi connectivity index (χ4n) is 4.42. The van der Waals surface area contributed by atoms with Crippen molar-refractivity contribution in [2.24, 2.45) is 5.92 Å². The molecule has 39 heavy (non-hydrogen) atoms. The van der Waals surface area contributed by atoms with Crippen LogP contribution in [-0.2, 0) is 16.0 Å². The summed E-state index contributed by atoms with van der Waals surface area (Å²) >= 11 is 0. The van der Waals surface area contributed by atoms with Crippen molar-refractivity contribution in [1.29, 1.82) is 5.26 Å². The molecule has 10 heteroatoms. The van der Waals surface area contributed by atoms with Crippen LogP contribution < -0.4 is 16.0 Å². The van der Waals surface area contributed by atoms with Crippen molar-refractivity contribution >= 4 is 29.3 Å². The molecule has 0 aliphatic heterocycles. The second-order valence-electron chi connectivity index (χ2n) is 10.8. The van der Waals surface area contributed by atoms with Crippen molar-refractivity contribution in [2.45, 2.75) is 57.2 Å². The van der Waals surface area contributed by atoms with Crippen LogP contribution in [0.1, 0.15) is 43.7 Å². The van der Waals surface area contributed by atoms with Crippen molar-refractivity contribution in [1.82, 2.24) is 25.1 Å². The third-order valence-corrected chi connectivity index (χ3v) is 7.18. The Balaban J connectivity index is 1.28. The number of aromatic nitrogens is 2. The van der Waals surface area contributed by atoms with Gasteiger partial charge in [0.1, 0.15) is 11.9 Å². The molecular weight excluding hydrogens is 492 g/mol. The van der Waals surface area contributed by atoms with Gasteiger partial charge in [-0.1, -0.05) is 6.08 Å². The third-order valence-electron chi connectivity index (χ3n) is 7.18. The smallest absolute Gasteiger partial charge is 0.246 e. The molecule has 2 saturated carbocycles. The van der Waals surface area contributed by atoms with Gasteiger partial charge in [-0.3, -0.25) is 9.59 Å². The molecule has 1 heterocycles. The van der Waals surface area contributed by atoms with Crippen LogP contribution in [0.2, 0.25) is 0 Å². The Morgan fingerprint density at radius 3 is 2.51 bits per heavy atom. The molecule has 0 saturated heterocycles. The molecule has 2 fully saturated rings. The highest BCUT2D eigenvalue weighted by Gasteiger charge is 2.33. The molecule has 1 aromatic heterocycles. The Hall–Kier alpha value is -3.97. The summed E-state index contributed by atoms with van der Waals surface area (Å²) in [5.74, 6) is 1.48. The van der Waals surface area contributed by atoms with E-state index in [2.05, 4.69) is 27.0 Å². The molecule has 2 aliphatic carbocycles. The fourth-order valence-corrected chi connectivity index (χ4v) is 4.42. The number of benzene rings is 1. The maximum absolute atomic E-state index is 12.8. The maximum atomic E-state index is 12.8. The molecule has 10 nitrogen and oxygen atoms in total. The first-order chi connectivity index (χ1) is 18.7. The highest BCUT2D eigenvalue weighted by atomic mass is 16.2. The van der Waals surface area contributed by atoms with Gasteiger partial charge < -0.3 is 25.8 Å². The Morgan fingerprint density at radius 2 is 1.87 bits per heavy atom. The van der Waals surface area contributed by atoms with Crippen LogP contribution in [0.5, 0.6) is 0 Å². The van der Waals surface area contributed by atoms with Gasteiger partial charge in [-0.2, -0.15) is 10.2 Å². The zero-order chi connectivity index (χ0) is 27.9. The summed E-state index contributed by atoms with van der Waals surface area (Å²) in [5.41, 5.74) is 2.50. The van der Waals surface area contributed by atoms with Crippen molar-refractivity contribution in [3.63, 3.8) is 0 Å². The molecule has 206 valence electrons. The van der Waals surface area contributed by atoms with E-state index in [1.165, 1.54) is 11.0 Å². The van der Waals surface area contributed by atoms with E-state index in [-0.39, 0.29) is 17.9 Å². The van der Waals surface area contributed by atoms with E-state index >= 15 is 0 Å². The number of nitrogens with zero attached hydrogens (tertiary/aromatic N) is 5. The summed E-state index contributed by atoms with van der Waals surface area (Å²) in [6, 6.07) is 9.32. The SMILES string of the molecule is C[C@@H](C(=O)N[C@H]1C[C@@H](Cc2cnc(Nc3ccc(C#N)cc3)nc2NC2CC2)C1)N(C)C(=O)/C=C/CN(C)C. The number of nitrogens with one attached hydrogen (secondary N) is 3. The summed E-state index contributed by atoms with van der Waals surface area (Å²) in [7, 11) is 5.53. The van der Waals surface area contributed by atoms with Crippen molar-refractivity contribution in [3.8, 4) is 6.07 Å². The molecule has 2 amide bonds. The van der Waals surface area contributed by atoms with Gasteiger partial charge in [0.25, 0.3) is 0 Å². The van der Waals surface area contributed by atoms with Gasteiger partial charge >= 0.3 is 0 Å². The Morgan fingerprint density at radius 1 is 1.15 bits per heavy atom. The summed E-state index contributed by atoms with van der Waals surface area (Å²) in [5, 5.41) is 18.8. The number of nitriles is 1. The lowest BCUT2D eigenvalue weighted by Crippen LogP contribution is -2.52. The number of hydrogen-bond acceptors (Lipinski definition) is 8. The van der Waals surface area contributed by atoms with Gasteiger partial charge in [-0.15, -0.1) is 0 Å². The lowest BCUT2D eigenvalue weighted by molar-refractivity contribution is -0.135. The Labute approximate surface area is 230 Å². The van der Waals surface area contributed by atoms with E-state index in [0.29, 0.717) is 30.0 Å². The Bertz CT molecular complexity index is 1230. The highest BCUT2D eigenvalue weighted by Crippen LogP contribution is 2.34. The summed E-state index contributed by atoms with van der Waals surface area (Å²) in [4.78, 5) is 37.8. The van der Waals surface area contributed by atoms with E-state index in [1.54, 1.807) is 32.2 Å². The average molecular weight is 531 g/mol. The molecule has 3 N–H and O–H groups in total. The Kier molecular flexibility index (Phi) is 9.15. The predicted molar refractivity (Wildman–Crippen MR) is 151 cm³/mol. The molecule has 1 atom stereocenters. The minimum Gasteiger partial charge on any atom is -0.367 e. The van der Waals surface area contributed by atoms with E-state index in [9.17, 15) is 9.59 Å². The monoisotopic (exact) mass is 530 g/mol. The molecule has 0 unspecified atom stereocenters. The van der Waals surface area contributed by atoms with Crippen LogP contribution in [-0.4, -0.2) is 77.4 Å². The standard InChI is InChI=1S/C29H38N8O2/c1-19(37(4)26(38)6-5-13-36(2)3)28(39)33-25-15-21(16-25)14-22-18-31-29(35-27(22)32-23-11-12-23)34-24-9-7-20(17-30)8-10-24/h5-10,18-19,21,23,25H,11-16H2,1-4H3,(H,33,39)(H2,31,32,34,35)/b6-5+/t19-,21-,25+/m0/s1. The van der Waals surface area contributed by atoms with Crippen molar-refractivity contribution in [3.05, 3.63) is 53.7 Å². The molecule has 2 aliphatic rings. The third kappa shape index (κ3) is 8.01. The molecule has 0 radical (unpaired) electrons. The van der Waals surface area contributed by atoms with Crippen LogP contribution >= 0.6 is 0 Å². The molecule has 0 bridgehead atoms. The first-order valence-corrected chi connectivity index (χ1v) is 13.5. The second-order valence-corrected chi connectivity index (χ2v) is 10.8. The van der Waals surface area contributed by atoms with Gasteiger partial charge in [0.15, 0.2) is 0 Å². The molecule has 4 rings (SSSR count). The van der Waals surface area contributed by atoms with Crippen LogP contribution in [0.25, 0.3) is 0 Å². The number of hydrogen-bond donors (Lipinski definition) is 3. The lowest BCUT2D eigenvalue weighted by Gasteiger charge is -2.37. The lowest BCUT2D eigenvalue weighted by atomic mass is 9.76. The average Bonchev–Trinajstić information content (AvgIpc) is 3.71. The summed E-state index contributed by atoms with van der Waals surface area (Å²) in [6.45, 7) is 2.42. The largest absolute Gasteiger partial charge is 0.367 e. The quantitative estimate of drug-likeness (QED) is 0.358. The fraction of sp³-hybridized carbons (Fsp3) is 0.483. The number of amides is 2. The molecular formula is C29H38N8O2. The van der Waals surface area contributed by atoms with Gasteiger partial charge in [0.05, 0.1) is 11.6 Å². The second kappa shape index (κ2) is 12.7. The number of likely N-dealkylation sites (N-methyl/N-ethyl adjacent to an activating group) is 2. The number of anilines is 3. The minimum absolute atomic E-state index is 0.107. The van der Waals surface area contributed by atoms with Gasteiger partial charge in [0.2, 0.25) is 17.8 Å². The minimum atomic E-state index is -0.542. The van der Waals surface area contributed by atoms with Crippen LogP contribution in [0.4, 0.5) is 17.5 Å². The van der Waals surface area contributed by atoms with Crippen LogP contribution in [0, 0.1) is 17.2 Å². The highest BCUT2D eigenvalue weighted by molar-refractivity contribution is 5.92. The van der Waals surface area contributed by atoms with Gasteiger partial charge in [-0.05, 0) is 83.3 Å². The number of carbonyl (C=O) groups excluding carboxylic acids is 2. The van der Waals surface area contributed by atoms with Crippen LogP contribution in [0.15, 0.2) is 42.6 Å². The first-order valence-electron chi connectivity index (χ1n) is 13.5. The topological polar surface area (TPSA) is 126 Å². The predicted octanol–water partition coefficient (Wildman–Crippen LogP) is 3.07. The first kappa shape index (κ1) is 28.0. The number of carbonyl (C=O) groups is 2. The number of rotatable bonds is 12.